The lowest BCUT2D eigenvalue weighted by molar-refractivity contribution is 0.0696. The van der Waals surface area contributed by atoms with Crippen LogP contribution >= 0.6 is 15.9 Å². The maximum Gasteiger partial charge on any atom is 0.340 e. The molecule has 0 aliphatic heterocycles. The average molecular weight is 463 g/mol. The Bertz CT molecular complexity index is 1260. The zero-order valence-corrected chi connectivity index (χ0v) is 16.4. The number of fused-ring (bicyclic) bond motifs is 2. The number of carboxylic acid groups (broad SMARTS) is 1. The van der Waals surface area contributed by atoms with Crippen LogP contribution in [0, 0.1) is 18.6 Å². The second-order valence-corrected chi connectivity index (χ2v) is 6.80. The van der Waals surface area contributed by atoms with Crippen LogP contribution in [0.15, 0.2) is 47.1 Å². The molecule has 0 aliphatic rings. The van der Waals surface area contributed by atoms with Gasteiger partial charge in [-0.15, -0.1) is 0 Å². The van der Waals surface area contributed by atoms with Crippen molar-refractivity contribution in [2.45, 2.75) is 6.92 Å². The van der Waals surface area contributed by atoms with Crippen LogP contribution in [0.25, 0.3) is 21.8 Å². The topological polar surface area (TPSA) is 104 Å². The number of benzene rings is 2. The molecule has 0 saturated heterocycles. The lowest BCUT2D eigenvalue weighted by Crippen LogP contribution is -1.99. The summed E-state index contributed by atoms with van der Waals surface area (Å²) >= 11 is 3.21. The van der Waals surface area contributed by atoms with Crippen LogP contribution in [0.2, 0.25) is 0 Å². The van der Waals surface area contributed by atoms with Crippen LogP contribution in [0.5, 0.6) is 11.5 Å². The Morgan fingerprint density at radius 2 is 1.59 bits per heavy atom. The Labute approximate surface area is 171 Å². The first-order valence-electron chi connectivity index (χ1n) is 8.14. The molecule has 148 valence electrons. The molecule has 0 amide bonds. The van der Waals surface area contributed by atoms with Crippen molar-refractivity contribution in [2.24, 2.45) is 0 Å². The number of hydrogen-bond donors (Lipinski definition) is 3. The molecule has 0 spiro atoms. The number of aryl methyl sites for hydroxylation is 1. The molecule has 3 N–H and O–H groups in total. The van der Waals surface area contributed by atoms with Crippen LogP contribution in [0.3, 0.4) is 0 Å². The first-order valence-corrected chi connectivity index (χ1v) is 8.93. The summed E-state index contributed by atoms with van der Waals surface area (Å²) in [7, 11) is 0. The lowest BCUT2D eigenvalue weighted by atomic mass is 10.1. The van der Waals surface area contributed by atoms with Gasteiger partial charge in [0.2, 0.25) is 0 Å². The highest BCUT2D eigenvalue weighted by atomic mass is 79.9. The predicted octanol–water partition coefficient (Wildman–Crippen LogP) is 4.93. The molecule has 0 saturated carbocycles. The molecule has 2 aromatic heterocycles. The Morgan fingerprint density at radius 3 is 2.21 bits per heavy atom. The summed E-state index contributed by atoms with van der Waals surface area (Å²) in [6, 6.07) is 7.84. The molecular weight excluding hydrogens is 450 g/mol. The maximum atomic E-state index is 12.9. The first kappa shape index (κ1) is 20.4. The summed E-state index contributed by atoms with van der Waals surface area (Å²) < 4.78 is 26.3. The van der Waals surface area contributed by atoms with E-state index in [1.807, 2.05) is 0 Å². The van der Waals surface area contributed by atoms with Gasteiger partial charge >= 0.3 is 5.97 Å². The smallest absolute Gasteiger partial charge is 0.340 e. The molecule has 29 heavy (non-hydrogen) atoms. The SMILES string of the molecule is Cc1nc2ccc(F)cc2c(Br)c1O.O=C(O)c1c(O)cnc2ccc(F)cc12. The van der Waals surface area contributed by atoms with E-state index in [1.54, 1.807) is 13.0 Å². The molecule has 0 radical (unpaired) electrons. The number of carbonyl (C=O) groups is 1. The fraction of sp³-hybridized carbons (Fsp3) is 0.0500. The molecule has 6 nitrogen and oxygen atoms in total. The number of pyridine rings is 2. The standard InChI is InChI=1S/C10H7BrFNO.C10H6FNO3/c1-5-10(14)9(11)7-4-6(12)2-3-8(7)13-5;11-5-1-2-7-6(3-5)9(10(14)15)8(13)4-12-7/h2-4,14H,1H3;1-4,13H,(H,14,15). The van der Waals surface area contributed by atoms with Gasteiger partial charge in [-0.2, -0.15) is 0 Å². The first-order chi connectivity index (χ1) is 13.7. The third-order valence-electron chi connectivity index (χ3n) is 4.06. The average Bonchev–Trinajstić information content (AvgIpc) is 2.67. The van der Waals surface area contributed by atoms with E-state index in [-0.39, 0.29) is 22.5 Å². The van der Waals surface area contributed by atoms with E-state index in [2.05, 4.69) is 25.9 Å². The third kappa shape index (κ3) is 4.09. The fourth-order valence-electron chi connectivity index (χ4n) is 2.68. The number of rotatable bonds is 1. The minimum atomic E-state index is -1.31. The summed E-state index contributed by atoms with van der Waals surface area (Å²) in [5.74, 6) is -2.64. The second-order valence-electron chi connectivity index (χ2n) is 6.01. The zero-order chi connectivity index (χ0) is 21.3. The van der Waals surface area contributed by atoms with Crippen molar-refractivity contribution in [3.63, 3.8) is 0 Å². The number of carboxylic acids is 1. The molecule has 2 aromatic carbocycles. The highest BCUT2D eigenvalue weighted by Gasteiger charge is 2.15. The summed E-state index contributed by atoms with van der Waals surface area (Å²) in [5.41, 5.74) is 1.18. The van der Waals surface area contributed by atoms with Crippen molar-refractivity contribution in [3.05, 3.63) is 70.0 Å². The van der Waals surface area contributed by atoms with Crippen molar-refractivity contribution in [1.29, 1.82) is 0 Å². The minimum absolute atomic E-state index is 0.0584. The van der Waals surface area contributed by atoms with Gasteiger partial charge in [0.25, 0.3) is 0 Å². The molecule has 4 aromatic rings. The third-order valence-corrected chi connectivity index (χ3v) is 4.86. The largest absolute Gasteiger partial charge is 0.505 e. The number of hydrogen-bond acceptors (Lipinski definition) is 5. The summed E-state index contributed by atoms with van der Waals surface area (Å²) in [6.45, 7) is 1.70. The maximum absolute atomic E-state index is 12.9. The van der Waals surface area contributed by atoms with Gasteiger partial charge in [-0.25, -0.2) is 18.6 Å². The van der Waals surface area contributed by atoms with Crippen LogP contribution in [-0.2, 0) is 0 Å². The van der Waals surface area contributed by atoms with Crippen LogP contribution in [0.1, 0.15) is 16.1 Å². The normalized spacial score (nSPS) is 10.6. The molecule has 4 rings (SSSR count). The number of aromatic nitrogens is 2. The summed E-state index contributed by atoms with van der Waals surface area (Å²) in [6.07, 6.45) is 1.03. The predicted molar refractivity (Wildman–Crippen MR) is 106 cm³/mol. The monoisotopic (exact) mass is 462 g/mol. The second kappa shape index (κ2) is 7.96. The van der Waals surface area contributed by atoms with E-state index < -0.39 is 17.5 Å². The Hall–Kier alpha value is -3.33. The van der Waals surface area contributed by atoms with Gasteiger partial charge in [0.1, 0.15) is 22.9 Å². The van der Waals surface area contributed by atoms with E-state index in [9.17, 15) is 23.8 Å². The van der Waals surface area contributed by atoms with Gasteiger partial charge in [0.15, 0.2) is 5.75 Å². The molecule has 0 bridgehead atoms. The van der Waals surface area contributed by atoms with Gasteiger partial charge in [-0.3, -0.25) is 4.98 Å². The Balaban J connectivity index is 0.000000166. The highest BCUT2D eigenvalue weighted by molar-refractivity contribution is 9.10. The van der Waals surface area contributed by atoms with E-state index in [0.717, 1.165) is 12.3 Å². The van der Waals surface area contributed by atoms with Crippen LogP contribution in [0.4, 0.5) is 8.78 Å². The Morgan fingerprint density at radius 1 is 1.00 bits per heavy atom. The number of nitrogens with zero attached hydrogens (tertiary/aromatic N) is 2. The minimum Gasteiger partial charge on any atom is -0.505 e. The molecule has 9 heteroatoms. The van der Waals surface area contributed by atoms with Crippen molar-refractivity contribution < 1.29 is 28.9 Å². The van der Waals surface area contributed by atoms with Gasteiger partial charge < -0.3 is 15.3 Å². The summed E-state index contributed by atoms with van der Waals surface area (Å²) in [5, 5.41) is 28.4. The lowest BCUT2D eigenvalue weighted by Gasteiger charge is -2.05. The van der Waals surface area contributed by atoms with Gasteiger partial charge in [0, 0.05) is 10.8 Å². The number of aromatic hydroxyl groups is 2. The van der Waals surface area contributed by atoms with E-state index in [0.29, 0.717) is 26.6 Å². The van der Waals surface area contributed by atoms with E-state index in [4.69, 9.17) is 5.11 Å². The van der Waals surface area contributed by atoms with Crippen molar-refractivity contribution in [2.75, 3.05) is 0 Å². The summed E-state index contributed by atoms with van der Waals surface area (Å²) in [4.78, 5) is 18.8. The van der Waals surface area contributed by atoms with Crippen LogP contribution in [-0.4, -0.2) is 31.3 Å². The van der Waals surface area contributed by atoms with E-state index in [1.165, 1.54) is 24.3 Å². The zero-order valence-electron chi connectivity index (χ0n) is 14.8. The van der Waals surface area contributed by atoms with E-state index >= 15 is 0 Å². The fourth-order valence-corrected chi connectivity index (χ4v) is 3.29. The van der Waals surface area contributed by atoms with Gasteiger partial charge in [0.05, 0.1) is 27.4 Å². The van der Waals surface area contributed by atoms with Gasteiger partial charge in [-0.1, -0.05) is 0 Å². The molecule has 0 unspecified atom stereocenters. The number of aromatic carboxylic acids is 1. The van der Waals surface area contributed by atoms with Crippen molar-refractivity contribution in [3.8, 4) is 11.5 Å². The number of halogens is 3. The molecular formula is C20H13BrF2N2O4. The van der Waals surface area contributed by atoms with Crippen molar-refractivity contribution in [1.82, 2.24) is 9.97 Å². The quantitative estimate of drug-likeness (QED) is 0.370. The van der Waals surface area contributed by atoms with Crippen LogP contribution < -0.4 is 0 Å². The van der Waals surface area contributed by atoms with Gasteiger partial charge in [-0.05, 0) is 59.3 Å². The Kier molecular flexibility index (Phi) is 5.60. The molecule has 0 atom stereocenters. The van der Waals surface area contributed by atoms with Crippen molar-refractivity contribution >= 4 is 43.7 Å². The molecule has 0 aliphatic carbocycles. The highest BCUT2D eigenvalue weighted by Crippen LogP contribution is 2.33. The molecule has 0 fully saturated rings. The molecule has 2 heterocycles.